The molecule has 0 aliphatic heterocycles. The van der Waals surface area contributed by atoms with Crippen molar-refractivity contribution in [3.63, 3.8) is 0 Å². The van der Waals surface area contributed by atoms with E-state index in [2.05, 4.69) is 94.4 Å². The number of allylic oxidation sites excluding steroid dienone is 12. The van der Waals surface area contributed by atoms with Crippen LogP contribution in [0.15, 0.2) is 103 Å². The lowest BCUT2D eigenvalue weighted by molar-refractivity contribution is -0.123. The molecular weight excluding hydrogens is 810 g/mol. The molecule has 1 aromatic carbocycles. The molecule has 1 aromatic heterocycles. The maximum Gasteiger partial charge on any atom is 0.239 e. The summed E-state index contributed by atoms with van der Waals surface area (Å²) in [5.74, 6) is -1.19. The standard InChI is InChI=1S/C48H68FN5O7S/c1-6-7-8-9-10-11-12-13-14-15-16-17-18-19-20-21-22-23-24-25-44(57)50-32-34-61-35-33-51-45(58)37-42(56)36-41(55)30-31-43-46(38(2)3)52-48(54(4)62(5,59)60)53-47(43)39-26-28-40(49)29-27-39/h7-8,10-11,13-14,16-17,19-20,22-23,26-31,38,41-42,55-56H,6,9,12,15,18,21,24-25,32-37H2,1-5H3,(H,50,57)(H,51,58)/t41-,42-/m1/s1. The number of benzene rings is 1. The summed E-state index contributed by atoms with van der Waals surface area (Å²) in [7, 11) is -2.35. The summed E-state index contributed by atoms with van der Waals surface area (Å²) in [5, 5.41) is 26.8. The van der Waals surface area contributed by atoms with E-state index in [-0.39, 0.29) is 50.4 Å². The molecule has 14 heteroatoms. The predicted octanol–water partition coefficient (Wildman–Crippen LogP) is 8.04. The molecule has 0 aliphatic rings. The van der Waals surface area contributed by atoms with Crippen LogP contribution in [-0.2, 0) is 24.3 Å². The van der Waals surface area contributed by atoms with Crippen molar-refractivity contribution in [1.82, 2.24) is 20.6 Å². The second-order valence-corrected chi connectivity index (χ2v) is 16.9. The van der Waals surface area contributed by atoms with Crippen LogP contribution in [0.1, 0.15) is 102 Å². The van der Waals surface area contributed by atoms with Gasteiger partial charge in [-0.25, -0.2) is 27.1 Å². The fourth-order valence-corrected chi connectivity index (χ4v) is 6.08. The summed E-state index contributed by atoms with van der Waals surface area (Å²) in [4.78, 5) is 33.5. The van der Waals surface area contributed by atoms with Gasteiger partial charge in [0.1, 0.15) is 5.82 Å². The van der Waals surface area contributed by atoms with E-state index in [1.165, 1.54) is 37.4 Å². The molecule has 2 rings (SSSR count). The normalized spacial score (nSPS) is 13.6. The van der Waals surface area contributed by atoms with Crippen LogP contribution >= 0.6 is 0 Å². The second-order valence-electron chi connectivity index (χ2n) is 14.8. The minimum absolute atomic E-state index is 0.0600. The van der Waals surface area contributed by atoms with E-state index < -0.39 is 34.0 Å². The van der Waals surface area contributed by atoms with Gasteiger partial charge in [0, 0.05) is 44.1 Å². The minimum Gasteiger partial charge on any atom is -0.392 e. The highest BCUT2D eigenvalue weighted by Gasteiger charge is 2.23. The van der Waals surface area contributed by atoms with Crippen LogP contribution in [0.4, 0.5) is 10.3 Å². The molecule has 2 amide bonds. The van der Waals surface area contributed by atoms with Gasteiger partial charge in [0.05, 0.1) is 49.5 Å². The third kappa shape index (κ3) is 23.3. The van der Waals surface area contributed by atoms with Crippen LogP contribution in [0.5, 0.6) is 0 Å². The number of rotatable bonds is 30. The highest BCUT2D eigenvalue weighted by Crippen LogP contribution is 2.32. The van der Waals surface area contributed by atoms with E-state index in [0.717, 1.165) is 49.1 Å². The number of nitrogens with zero attached hydrogens (tertiary/aromatic N) is 3. The SMILES string of the molecule is CCC=CCC=CCC=CCC=CCC=CCC=CCCC(=O)NCCOCCNC(=O)C[C@H](O)C[C@H](O)C=Cc1c(-c2ccc(F)cc2)nc(N(C)S(C)(=O)=O)nc1C(C)C. The first-order valence-corrected chi connectivity index (χ1v) is 23.2. The van der Waals surface area contributed by atoms with E-state index in [1.54, 1.807) is 6.08 Å². The van der Waals surface area contributed by atoms with E-state index in [0.29, 0.717) is 41.9 Å². The number of hydrogen-bond donors (Lipinski definition) is 4. The molecule has 0 saturated heterocycles. The van der Waals surface area contributed by atoms with Gasteiger partial charge in [-0.1, -0.05) is 106 Å². The lowest BCUT2D eigenvalue weighted by atomic mass is 9.97. The van der Waals surface area contributed by atoms with E-state index in [1.807, 2.05) is 19.9 Å². The first-order chi connectivity index (χ1) is 29.7. The first kappa shape index (κ1) is 53.1. The number of aliphatic hydroxyl groups is 2. The molecule has 0 fully saturated rings. The van der Waals surface area contributed by atoms with Gasteiger partial charge >= 0.3 is 0 Å². The molecule has 0 saturated carbocycles. The van der Waals surface area contributed by atoms with Gasteiger partial charge in [0.2, 0.25) is 27.8 Å². The molecule has 4 N–H and O–H groups in total. The van der Waals surface area contributed by atoms with E-state index in [4.69, 9.17) is 4.74 Å². The number of nitrogens with one attached hydrogen (secondary N) is 2. The Balaban J connectivity index is 1.65. The number of hydrogen-bond acceptors (Lipinski definition) is 9. The van der Waals surface area contributed by atoms with Crippen LogP contribution in [0.3, 0.4) is 0 Å². The van der Waals surface area contributed by atoms with Crippen molar-refractivity contribution in [2.24, 2.45) is 0 Å². The fraction of sp³-hybridized carbons (Fsp3) is 0.458. The number of halogens is 1. The minimum atomic E-state index is -3.69. The lowest BCUT2D eigenvalue weighted by Gasteiger charge is -2.20. The Labute approximate surface area is 369 Å². The van der Waals surface area contributed by atoms with Crippen LogP contribution in [-0.4, -0.2) is 92.2 Å². The van der Waals surface area contributed by atoms with Crippen molar-refractivity contribution in [2.45, 2.75) is 103 Å². The van der Waals surface area contributed by atoms with Crippen LogP contribution in [0.25, 0.3) is 17.3 Å². The van der Waals surface area contributed by atoms with Crippen molar-refractivity contribution in [3.05, 3.63) is 120 Å². The number of sulfonamides is 1. The zero-order valence-electron chi connectivity index (χ0n) is 37.1. The summed E-state index contributed by atoms with van der Waals surface area (Å²) in [5.41, 5.74) is 1.82. The molecular formula is C48H68FN5O7S. The molecule has 12 nitrogen and oxygen atoms in total. The molecule has 2 aromatic rings. The number of carbonyl (C=O) groups excluding carboxylic acids is 2. The lowest BCUT2D eigenvalue weighted by Crippen LogP contribution is -2.32. The third-order valence-electron chi connectivity index (χ3n) is 9.10. The van der Waals surface area contributed by atoms with E-state index >= 15 is 0 Å². The summed E-state index contributed by atoms with van der Waals surface area (Å²) in [6.45, 7) is 6.94. The van der Waals surface area contributed by atoms with Gasteiger partial charge in [-0.15, -0.1) is 0 Å². The Morgan fingerprint density at radius 2 is 1.32 bits per heavy atom. The number of aliphatic hydroxyl groups excluding tert-OH is 2. The summed E-state index contributed by atoms with van der Waals surface area (Å²) < 4.78 is 44.8. The van der Waals surface area contributed by atoms with Gasteiger partial charge in [-0.2, -0.15) is 0 Å². The summed E-state index contributed by atoms with van der Waals surface area (Å²) in [6.07, 6.45) is 33.8. The number of anilines is 1. The number of amides is 2. The van der Waals surface area contributed by atoms with Gasteiger partial charge in [-0.05, 0) is 75.1 Å². The van der Waals surface area contributed by atoms with Crippen molar-refractivity contribution in [2.75, 3.05) is 43.9 Å². The van der Waals surface area contributed by atoms with Crippen LogP contribution in [0, 0.1) is 5.82 Å². The topological polar surface area (TPSA) is 171 Å². The molecule has 0 radical (unpaired) electrons. The Hall–Kier alpha value is -5.02. The summed E-state index contributed by atoms with van der Waals surface area (Å²) in [6, 6.07) is 5.56. The van der Waals surface area contributed by atoms with Crippen molar-refractivity contribution >= 4 is 33.9 Å². The Morgan fingerprint density at radius 1 is 0.806 bits per heavy atom. The van der Waals surface area contributed by atoms with Gasteiger partial charge in [0.15, 0.2) is 0 Å². The van der Waals surface area contributed by atoms with Gasteiger partial charge in [0.25, 0.3) is 0 Å². The number of ether oxygens (including phenoxy) is 1. The van der Waals surface area contributed by atoms with Crippen molar-refractivity contribution < 1.29 is 37.3 Å². The van der Waals surface area contributed by atoms with Crippen LogP contribution < -0.4 is 14.9 Å². The maximum atomic E-state index is 13.8. The van der Waals surface area contributed by atoms with Crippen molar-refractivity contribution in [1.29, 1.82) is 0 Å². The average molecular weight is 878 g/mol. The quantitative estimate of drug-likeness (QED) is 0.0448. The van der Waals surface area contributed by atoms with Gasteiger partial charge in [-0.3, -0.25) is 9.59 Å². The zero-order chi connectivity index (χ0) is 45.6. The van der Waals surface area contributed by atoms with E-state index in [9.17, 15) is 32.6 Å². The number of carbonyl (C=O) groups is 2. The van der Waals surface area contributed by atoms with Gasteiger partial charge < -0.3 is 25.6 Å². The number of aromatic nitrogens is 2. The highest BCUT2D eigenvalue weighted by atomic mass is 32.2. The third-order valence-corrected chi connectivity index (χ3v) is 10.3. The Bertz CT molecular complexity index is 1960. The second kappa shape index (κ2) is 30.9. The molecule has 0 bridgehead atoms. The largest absolute Gasteiger partial charge is 0.392 e. The maximum absolute atomic E-state index is 13.8. The molecule has 340 valence electrons. The smallest absolute Gasteiger partial charge is 0.239 e. The molecule has 62 heavy (non-hydrogen) atoms. The zero-order valence-corrected chi connectivity index (χ0v) is 37.9. The Kier molecular flexibility index (Phi) is 26.5. The first-order valence-electron chi connectivity index (χ1n) is 21.4. The van der Waals surface area contributed by atoms with Crippen LogP contribution in [0.2, 0.25) is 0 Å². The fourth-order valence-electron chi connectivity index (χ4n) is 5.70. The molecule has 0 spiro atoms. The predicted molar refractivity (Wildman–Crippen MR) is 249 cm³/mol. The molecule has 0 aliphatic carbocycles. The summed E-state index contributed by atoms with van der Waals surface area (Å²) >= 11 is 0. The highest BCUT2D eigenvalue weighted by molar-refractivity contribution is 7.92. The Morgan fingerprint density at radius 3 is 1.84 bits per heavy atom. The average Bonchev–Trinajstić information content (AvgIpc) is 3.22. The molecule has 0 unspecified atom stereocenters. The molecule has 2 atom stereocenters. The monoisotopic (exact) mass is 877 g/mol. The molecule has 1 heterocycles. The van der Waals surface area contributed by atoms with Crippen molar-refractivity contribution in [3.8, 4) is 11.3 Å².